The molecule has 25 heavy (non-hydrogen) atoms. The second-order valence-electron chi connectivity index (χ2n) is 6.68. The molecule has 1 amide bonds. The van der Waals surface area contributed by atoms with Crippen LogP contribution in [0.1, 0.15) is 30.9 Å². The van der Waals surface area contributed by atoms with Crippen molar-refractivity contribution >= 4 is 16.1 Å². The minimum Gasteiger partial charge on any atom is -0.341 e. The molecule has 2 aliphatic rings. The van der Waals surface area contributed by atoms with E-state index in [0.29, 0.717) is 26.2 Å². The van der Waals surface area contributed by atoms with E-state index in [9.17, 15) is 13.2 Å². The summed E-state index contributed by atoms with van der Waals surface area (Å²) < 4.78 is 24.3. The van der Waals surface area contributed by atoms with Crippen LogP contribution in [-0.2, 0) is 15.0 Å². The van der Waals surface area contributed by atoms with Gasteiger partial charge in [0, 0.05) is 39.3 Å². The molecule has 0 spiro atoms. The summed E-state index contributed by atoms with van der Waals surface area (Å²) in [7, 11) is -3.67. The number of piperazine rings is 1. The summed E-state index contributed by atoms with van der Waals surface area (Å²) in [6, 6.07) is 9.39. The minimum atomic E-state index is -3.67. The molecular weight excluding hydrogens is 340 g/mol. The predicted octanol–water partition coefficient (Wildman–Crippen LogP) is 0.561. The lowest BCUT2D eigenvalue weighted by atomic mass is 10.0. The number of nitrogens with two attached hydrogens (primary N) is 1. The van der Waals surface area contributed by atoms with Crippen molar-refractivity contribution < 1.29 is 13.2 Å². The Morgan fingerprint density at radius 3 is 2.08 bits per heavy atom. The van der Waals surface area contributed by atoms with Gasteiger partial charge in [-0.15, -0.1) is 0 Å². The van der Waals surface area contributed by atoms with Gasteiger partial charge in [-0.2, -0.15) is 12.7 Å². The van der Waals surface area contributed by atoms with Gasteiger partial charge in [0.1, 0.15) is 6.04 Å². The van der Waals surface area contributed by atoms with Crippen LogP contribution < -0.4 is 5.14 Å². The van der Waals surface area contributed by atoms with Crippen molar-refractivity contribution in [1.82, 2.24) is 14.1 Å². The highest BCUT2D eigenvalue weighted by molar-refractivity contribution is 7.86. The average Bonchev–Trinajstić information content (AvgIpc) is 2.63. The molecule has 2 fully saturated rings. The molecule has 1 atom stereocenters. The predicted molar refractivity (Wildman–Crippen MR) is 95.9 cm³/mol. The molecule has 2 saturated heterocycles. The first kappa shape index (κ1) is 18.3. The van der Waals surface area contributed by atoms with Crippen molar-refractivity contribution in [3.63, 3.8) is 0 Å². The van der Waals surface area contributed by atoms with Gasteiger partial charge in [-0.3, -0.25) is 9.69 Å². The Bertz CT molecular complexity index is 681. The smallest absolute Gasteiger partial charge is 0.276 e. The lowest BCUT2D eigenvalue weighted by Gasteiger charge is -2.40. The molecule has 3 rings (SSSR count). The zero-order valence-corrected chi connectivity index (χ0v) is 15.2. The van der Waals surface area contributed by atoms with Gasteiger partial charge < -0.3 is 4.90 Å². The number of hydrogen-bond acceptors (Lipinski definition) is 4. The van der Waals surface area contributed by atoms with Crippen LogP contribution in [0, 0.1) is 0 Å². The summed E-state index contributed by atoms with van der Waals surface area (Å²) in [4.78, 5) is 17.2. The molecule has 0 bridgehead atoms. The fourth-order valence-corrected chi connectivity index (χ4v) is 4.32. The van der Waals surface area contributed by atoms with E-state index in [4.69, 9.17) is 5.14 Å². The van der Waals surface area contributed by atoms with Gasteiger partial charge in [0.25, 0.3) is 10.2 Å². The van der Waals surface area contributed by atoms with Crippen LogP contribution in [0.4, 0.5) is 0 Å². The normalized spacial score (nSPS) is 21.9. The van der Waals surface area contributed by atoms with Crippen molar-refractivity contribution in [2.45, 2.75) is 25.3 Å². The van der Waals surface area contributed by atoms with Crippen LogP contribution in [0.25, 0.3) is 0 Å². The number of carbonyl (C=O) groups is 1. The van der Waals surface area contributed by atoms with Crippen molar-refractivity contribution in [2.24, 2.45) is 5.14 Å². The van der Waals surface area contributed by atoms with E-state index in [2.05, 4.69) is 4.90 Å². The second-order valence-corrected chi connectivity index (χ2v) is 8.23. The zero-order chi connectivity index (χ0) is 17.9. The fraction of sp³-hybridized carbons (Fsp3) is 0.588. The van der Waals surface area contributed by atoms with Gasteiger partial charge in [-0.25, -0.2) is 5.14 Å². The maximum Gasteiger partial charge on any atom is 0.276 e. The molecule has 0 radical (unpaired) electrons. The standard InChI is InChI=1S/C17H26N4O3S/c18-25(23,24)21-13-11-19(12-14-21)16(15-7-3-1-4-8-15)17(22)20-9-5-2-6-10-20/h1,3-4,7-8,16H,2,5-6,9-14H2,(H2,18,23,24). The van der Waals surface area contributed by atoms with E-state index in [1.165, 1.54) is 10.7 Å². The summed E-state index contributed by atoms with van der Waals surface area (Å²) >= 11 is 0. The van der Waals surface area contributed by atoms with E-state index >= 15 is 0 Å². The largest absolute Gasteiger partial charge is 0.341 e. The number of rotatable bonds is 4. The molecule has 0 aromatic heterocycles. The number of hydrogen-bond donors (Lipinski definition) is 1. The van der Waals surface area contributed by atoms with Crippen molar-refractivity contribution in [2.75, 3.05) is 39.3 Å². The lowest BCUT2D eigenvalue weighted by Crippen LogP contribution is -2.54. The van der Waals surface area contributed by atoms with Gasteiger partial charge in [0.15, 0.2) is 0 Å². The number of piperidine rings is 1. The Hall–Kier alpha value is -1.48. The minimum absolute atomic E-state index is 0.120. The molecule has 0 aliphatic carbocycles. The van der Waals surface area contributed by atoms with E-state index in [-0.39, 0.29) is 11.9 Å². The summed E-state index contributed by atoms with van der Waals surface area (Å²) in [5, 5.41) is 5.22. The monoisotopic (exact) mass is 366 g/mol. The van der Waals surface area contributed by atoms with Crippen LogP contribution in [-0.4, -0.2) is 67.7 Å². The molecule has 8 heteroatoms. The molecular formula is C17H26N4O3S. The number of amides is 1. The highest BCUT2D eigenvalue weighted by atomic mass is 32.2. The summed E-state index contributed by atoms with van der Waals surface area (Å²) in [6.45, 7) is 3.23. The van der Waals surface area contributed by atoms with Gasteiger partial charge in [-0.1, -0.05) is 30.3 Å². The topological polar surface area (TPSA) is 87.0 Å². The first-order valence-corrected chi connectivity index (χ1v) is 10.3. The fourth-order valence-electron chi connectivity index (χ4n) is 3.65. The first-order chi connectivity index (χ1) is 12.0. The molecule has 2 aliphatic heterocycles. The Balaban J connectivity index is 1.79. The van der Waals surface area contributed by atoms with Crippen molar-refractivity contribution in [3.8, 4) is 0 Å². The number of benzene rings is 1. The zero-order valence-electron chi connectivity index (χ0n) is 14.4. The van der Waals surface area contributed by atoms with Crippen LogP contribution in [0.3, 0.4) is 0 Å². The maximum absolute atomic E-state index is 13.2. The van der Waals surface area contributed by atoms with E-state index in [0.717, 1.165) is 31.5 Å². The summed E-state index contributed by atoms with van der Waals surface area (Å²) in [6.07, 6.45) is 3.27. The highest BCUT2D eigenvalue weighted by Crippen LogP contribution is 2.26. The molecule has 1 unspecified atom stereocenters. The Morgan fingerprint density at radius 2 is 1.52 bits per heavy atom. The van der Waals surface area contributed by atoms with E-state index in [1.54, 1.807) is 0 Å². The molecule has 1 aromatic carbocycles. The Labute approximate surface area is 149 Å². The maximum atomic E-state index is 13.2. The van der Waals surface area contributed by atoms with E-state index in [1.807, 2.05) is 35.2 Å². The number of likely N-dealkylation sites (tertiary alicyclic amines) is 1. The number of carbonyl (C=O) groups excluding carboxylic acids is 1. The summed E-state index contributed by atoms with van der Waals surface area (Å²) in [5.41, 5.74) is 0.960. The number of nitrogens with zero attached hydrogens (tertiary/aromatic N) is 3. The van der Waals surface area contributed by atoms with Crippen molar-refractivity contribution in [1.29, 1.82) is 0 Å². The third-order valence-electron chi connectivity index (χ3n) is 5.02. The van der Waals surface area contributed by atoms with Gasteiger partial charge in [0.05, 0.1) is 0 Å². The average molecular weight is 366 g/mol. The van der Waals surface area contributed by atoms with Crippen molar-refractivity contribution in [3.05, 3.63) is 35.9 Å². The van der Waals surface area contributed by atoms with Crippen LogP contribution in [0.15, 0.2) is 30.3 Å². The molecule has 2 N–H and O–H groups in total. The first-order valence-electron chi connectivity index (χ1n) is 8.82. The van der Waals surface area contributed by atoms with Gasteiger partial charge in [-0.05, 0) is 24.8 Å². The second kappa shape index (κ2) is 7.82. The lowest BCUT2D eigenvalue weighted by molar-refractivity contribution is -0.138. The van der Waals surface area contributed by atoms with Crippen LogP contribution >= 0.6 is 0 Å². The third kappa shape index (κ3) is 4.38. The quantitative estimate of drug-likeness (QED) is 0.844. The molecule has 0 saturated carbocycles. The van der Waals surface area contributed by atoms with Gasteiger partial charge in [0.2, 0.25) is 5.91 Å². The Morgan fingerprint density at radius 1 is 0.920 bits per heavy atom. The summed E-state index contributed by atoms with van der Waals surface area (Å²) in [5.74, 6) is 0.120. The molecule has 7 nitrogen and oxygen atoms in total. The SMILES string of the molecule is NS(=O)(=O)N1CCN(C(C(=O)N2CCCCC2)c2ccccc2)CC1. The van der Waals surface area contributed by atoms with Gasteiger partial charge >= 0.3 is 0 Å². The highest BCUT2D eigenvalue weighted by Gasteiger charge is 2.35. The van der Waals surface area contributed by atoms with Crippen LogP contribution in [0.5, 0.6) is 0 Å². The third-order valence-corrected chi connectivity index (χ3v) is 6.10. The molecule has 138 valence electrons. The molecule has 2 heterocycles. The van der Waals surface area contributed by atoms with Crippen LogP contribution in [0.2, 0.25) is 0 Å². The van der Waals surface area contributed by atoms with E-state index < -0.39 is 10.2 Å². The molecule has 1 aromatic rings. The Kier molecular flexibility index (Phi) is 5.73.